The summed E-state index contributed by atoms with van der Waals surface area (Å²) in [6, 6.07) is 14.9. The molecule has 2 rings (SSSR count). The molecule has 2 aromatic rings. The van der Waals surface area contributed by atoms with Gasteiger partial charge in [-0.15, -0.1) is 0 Å². The lowest BCUT2D eigenvalue weighted by Crippen LogP contribution is -2.11. The van der Waals surface area contributed by atoms with Crippen LogP contribution in [0.1, 0.15) is 60.3 Å². The molecule has 0 aliphatic carbocycles. The Bertz CT molecular complexity index is 660. The molecule has 0 unspecified atom stereocenters. The summed E-state index contributed by atoms with van der Waals surface area (Å²) in [6.45, 7) is 10.4. The van der Waals surface area contributed by atoms with Crippen molar-refractivity contribution < 1.29 is 4.79 Å². The summed E-state index contributed by atoms with van der Waals surface area (Å²) in [5.41, 5.74) is 5.95. The van der Waals surface area contributed by atoms with Crippen LogP contribution in [0, 0.1) is 6.92 Å². The van der Waals surface area contributed by atoms with E-state index in [1.54, 1.807) is 6.92 Å². The van der Waals surface area contributed by atoms with Crippen molar-refractivity contribution in [1.29, 1.82) is 0 Å². The van der Waals surface area contributed by atoms with Crippen molar-refractivity contribution in [1.82, 2.24) is 0 Å². The number of aryl methyl sites for hydroxylation is 1. The average Bonchev–Trinajstić information content (AvgIpc) is 2.37. The number of Topliss-reactive ketones (excluding diaryl/α,β-unsaturated/α-hetero) is 1. The van der Waals surface area contributed by atoms with E-state index in [4.69, 9.17) is 0 Å². The highest BCUT2D eigenvalue weighted by atomic mass is 16.1. The highest BCUT2D eigenvalue weighted by Crippen LogP contribution is 2.24. The van der Waals surface area contributed by atoms with Crippen LogP contribution in [-0.2, 0) is 11.8 Å². The van der Waals surface area contributed by atoms with Crippen molar-refractivity contribution in [2.45, 2.75) is 46.5 Å². The number of carbonyl (C=O) groups excluding carboxylic acids is 1. The molecular weight excluding hydrogens is 256 g/mol. The molecule has 0 amide bonds. The van der Waals surface area contributed by atoms with Crippen molar-refractivity contribution in [3.8, 4) is 0 Å². The number of hydrogen-bond acceptors (Lipinski definition) is 1. The molecule has 0 aliphatic rings. The van der Waals surface area contributed by atoms with Gasteiger partial charge < -0.3 is 0 Å². The van der Waals surface area contributed by atoms with Gasteiger partial charge in [0.1, 0.15) is 0 Å². The Balaban J connectivity index is 2.32. The van der Waals surface area contributed by atoms with Gasteiger partial charge in [-0.3, -0.25) is 4.79 Å². The van der Waals surface area contributed by atoms with Crippen molar-refractivity contribution >= 4 is 5.78 Å². The third-order valence-corrected chi connectivity index (χ3v) is 3.74. The standard InChI is InChI=1S/C20H24O/c1-14-9-17(12-18(10-14)15(2)21)11-16-7-6-8-19(13-16)20(3,4)5/h6-10,12-13H,11H2,1-5H3. The van der Waals surface area contributed by atoms with Crippen LogP contribution in [0.2, 0.25) is 0 Å². The van der Waals surface area contributed by atoms with Gasteiger partial charge in [0.05, 0.1) is 0 Å². The van der Waals surface area contributed by atoms with Crippen molar-refractivity contribution in [3.63, 3.8) is 0 Å². The first-order chi connectivity index (χ1) is 9.75. The Kier molecular flexibility index (Phi) is 4.32. The van der Waals surface area contributed by atoms with Gasteiger partial charge in [0, 0.05) is 5.56 Å². The van der Waals surface area contributed by atoms with E-state index in [-0.39, 0.29) is 11.2 Å². The number of benzene rings is 2. The molecule has 0 aromatic heterocycles. The molecule has 0 atom stereocenters. The second-order valence-electron chi connectivity index (χ2n) is 6.89. The normalized spacial score (nSPS) is 11.5. The van der Waals surface area contributed by atoms with Crippen molar-refractivity contribution in [2.24, 2.45) is 0 Å². The fourth-order valence-corrected chi connectivity index (χ4v) is 2.55. The van der Waals surface area contributed by atoms with Gasteiger partial charge in [0.2, 0.25) is 0 Å². The Labute approximate surface area is 128 Å². The molecule has 1 nitrogen and oxygen atoms in total. The molecule has 1 heteroatoms. The van der Waals surface area contributed by atoms with Gasteiger partial charge in [-0.05, 0) is 54.5 Å². The molecule has 2 aromatic carbocycles. The van der Waals surface area contributed by atoms with Crippen molar-refractivity contribution in [2.75, 3.05) is 0 Å². The molecule has 0 heterocycles. The van der Waals surface area contributed by atoms with E-state index in [0.29, 0.717) is 0 Å². The first-order valence-corrected chi connectivity index (χ1v) is 7.46. The minimum absolute atomic E-state index is 0.128. The molecule has 0 N–H and O–H groups in total. The lowest BCUT2D eigenvalue weighted by Gasteiger charge is -2.20. The van der Waals surface area contributed by atoms with E-state index in [2.05, 4.69) is 51.1 Å². The second-order valence-corrected chi connectivity index (χ2v) is 6.89. The number of carbonyl (C=O) groups is 1. The van der Waals surface area contributed by atoms with E-state index in [0.717, 1.165) is 17.5 Å². The minimum atomic E-state index is 0.128. The Morgan fingerprint density at radius 3 is 2.33 bits per heavy atom. The highest BCUT2D eigenvalue weighted by molar-refractivity contribution is 5.94. The Morgan fingerprint density at radius 1 is 1.00 bits per heavy atom. The van der Waals surface area contributed by atoms with Crippen LogP contribution in [0.25, 0.3) is 0 Å². The molecule has 0 fully saturated rings. The van der Waals surface area contributed by atoms with Crippen LogP contribution in [0.4, 0.5) is 0 Å². The first-order valence-electron chi connectivity index (χ1n) is 7.46. The number of rotatable bonds is 3. The highest BCUT2D eigenvalue weighted by Gasteiger charge is 2.13. The quantitative estimate of drug-likeness (QED) is 0.716. The van der Waals surface area contributed by atoms with E-state index in [9.17, 15) is 4.79 Å². The summed E-state index contributed by atoms with van der Waals surface area (Å²) in [6.07, 6.45) is 0.867. The number of ketones is 1. The molecule has 0 saturated carbocycles. The fourth-order valence-electron chi connectivity index (χ4n) is 2.55. The largest absolute Gasteiger partial charge is 0.295 e. The van der Waals surface area contributed by atoms with E-state index in [1.807, 2.05) is 19.1 Å². The van der Waals surface area contributed by atoms with Gasteiger partial charge >= 0.3 is 0 Å². The van der Waals surface area contributed by atoms with E-state index < -0.39 is 0 Å². The summed E-state index contributed by atoms with van der Waals surface area (Å²) in [5.74, 6) is 0.128. The van der Waals surface area contributed by atoms with Gasteiger partial charge in [-0.1, -0.05) is 56.7 Å². The van der Waals surface area contributed by atoms with Crippen LogP contribution < -0.4 is 0 Å². The molecule has 0 radical (unpaired) electrons. The van der Waals surface area contributed by atoms with Gasteiger partial charge in [-0.25, -0.2) is 0 Å². The zero-order valence-electron chi connectivity index (χ0n) is 13.7. The molecule has 21 heavy (non-hydrogen) atoms. The molecule has 0 spiro atoms. The minimum Gasteiger partial charge on any atom is -0.295 e. The Morgan fingerprint density at radius 2 is 1.71 bits per heavy atom. The zero-order valence-corrected chi connectivity index (χ0v) is 13.7. The fraction of sp³-hybridized carbons (Fsp3) is 0.350. The molecule has 110 valence electrons. The van der Waals surface area contributed by atoms with Crippen LogP contribution in [0.15, 0.2) is 42.5 Å². The number of hydrogen-bond donors (Lipinski definition) is 0. The second kappa shape index (κ2) is 5.85. The van der Waals surface area contributed by atoms with Crippen LogP contribution in [-0.4, -0.2) is 5.78 Å². The smallest absolute Gasteiger partial charge is 0.159 e. The van der Waals surface area contributed by atoms with Crippen LogP contribution in [0.3, 0.4) is 0 Å². The predicted octanol–water partition coefficient (Wildman–Crippen LogP) is 5.09. The van der Waals surface area contributed by atoms with E-state index in [1.165, 1.54) is 16.7 Å². The predicted molar refractivity (Wildman–Crippen MR) is 89.1 cm³/mol. The third-order valence-electron chi connectivity index (χ3n) is 3.74. The average molecular weight is 280 g/mol. The third kappa shape index (κ3) is 4.04. The maximum atomic E-state index is 11.6. The maximum Gasteiger partial charge on any atom is 0.159 e. The lowest BCUT2D eigenvalue weighted by atomic mass is 9.85. The maximum absolute atomic E-state index is 11.6. The van der Waals surface area contributed by atoms with Gasteiger partial charge in [0.25, 0.3) is 0 Å². The van der Waals surface area contributed by atoms with E-state index >= 15 is 0 Å². The van der Waals surface area contributed by atoms with Crippen molar-refractivity contribution in [3.05, 3.63) is 70.3 Å². The first kappa shape index (κ1) is 15.5. The summed E-state index contributed by atoms with van der Waals surface area (Å²) in [4.78, 5) is 11.6. The summed E-state index contributed by atoms with van der Waals surface area (Å²) >= 11 is 0. The van der Waals surface area contributed by atoms with Crippen LogP contribution in [0.5, 0.6) is 0 Å². The van der Waals surface area contributed by atoms with Crippen LogP contribution >= 0.6 is 0 Å². The zero-order chi connectivity index (χ0) is 15.6. The molecule has 0 saturated heterocycles. The monoisotopic (exact) mass is 280 g/mol. The van der Waals surface area contributed by atoms with Gasteiger partial charge in [0.15, 0.2) is 5.78 Å². The summed E-state index contributed by atoms with van der Waals surface area (Å²) < 4.78 is 0. The molecule has 0 bridgehead atoms. The Hall–Kier alpha value is -1.89. The summed E-state index contributed by atoms with van der Waals surface area (Å²) in [7, 11) is 0. The molecule has 0 aliphatic heterocycles. The van der Waals surface area contributed by atoms with Gasteiger partial charge in [-0.2, -0.15) is 0 Å². The topological polar surface area (TPSA) is 17.1 Å². The SMILES string of the molecule is CC(=O)c1cc(C)cc(Cc2cccc(C(C)(C)C)c2)c1. The lowest BCUT2D eigenvalue weighted by molar-refractivity contribution is 0.101. The molecular formula is C20H24O. The summed E-state index contributed by atoms with van der Waals surface area (Å²) in [5, 5.41) is 0.